The number of carbonyl (C=O) groups is 1. The average Bonchev–Trinajstić information content (AvgIpc) is 3.17. The molecule has 0 spiro atoms. The van der Waals surface area contributed by atoms with Gasteiger partial charge in [-0.25, -0.2) is 32.1 Å². The number of primary sulfonamides is 1. The van der Waals surface area contributed by atoms with E-state index in [0.717, 1.165) is 35.1 Å². The molecule has 1 aliphatic heterocycles. The second-order valence-corrected chi connectivity index (χ2v) is 10.6. The third-order valence-corrected chi connectivity index (χ3v) is 8.30. The second-order valence-electron chi connectivity index (χ2n) is 7.82. The first-order valence-corrected chi connectivity index (χ1v) is 12.6. The molecule has 2 heterocycles. The first-order chi connectivity index (χ1) is 15.6. The van der Waals surface area contributed by atoms with Crippen LogP contribution in [0, 0.1) is 18.6 Å². The Morgan fingerprint density at radius 3 is 2.61 bits per heavy atom. The van der Waals surface area contributed by atoms with E-state index in [1.54, 1.807) is 23.1 Å². The number of aryl methyl sites for hydroxylation is 1. The second kappa shape index (κ2) is 8.81. The number of sulfonamides is 1. The lowest BCUT2D eigenvalue weighted by atomic mass is 9.98. The van der Waals surface area contributed by atoms with Crippen molar-refractivity contribution in [2.24, 2.45) is 5.14 Å². The van der Waals surface area contributed by atoms with E-state index in [9.17, 15) is 22.0 Å². The highest BCUT2D eigenvalue weighted by atomic mass is 32.2. The molecule has 3 aromatic rings. The predicted octanol–water partition coefficient (Wildman–Crippen LogP) is 4.44. The lowest BCUT2D eigenvalue weighted by Gasteiger charge is -2.38. The summed E-state index contributed by atoms with van der Waals surface area (Å²) < 4.78 is 51.4. The first-order valence-electron chi connectivity index (χ1n) is 10.2. The molecule has 0 aliphatic carbocycles. The summed E-state index contributed by atoms with van der Waals surface area (Å²) in [6, 6.07) is 9.59. The number of urea groups is 1. The zero-order valence-corrected chi connectivity index (χ0v) is 19.6. The number of hydrogen-bond acceptors (Lipinski definition) is 5. The predicted molar refractivity (Wildman–Crippen MR) is 122 cm³/mol. The van der Waals surface area contributed by atoms with Crippen LogP contribution in [0.1, 0.15) is 30.6 Å². The van der Waals surface area contributed by atoms with Gasteiger partial charge in [-0.15, -0.1) is 0 Å². The van der Waals surface area contributed by atoms with Crippen molar-refractivity contribution in [3.05, 3.63) is 65.4 Å². The highest BCUT2D eigenvalue weighted by Crippen LogP contribution is 2.34. The van der Waals surface area contributed by atoms with Crippen LogP contribution >= 0.6 is 11.3 Å². The van der Waals surface area contributed by atoms with Crippen LogP contribution in [0.4, 0.5) is 18.7 Å². The number of rotatable bonds is 5. The van der Waals surface area contributed by atoms with Crippen LogP contribution < -0.4 is 10.0 Å². The van der Waals surface area contributed by atoms with E-state index in [-0.39, 0.29) is 32.7 Å². The highest BCUT2D eigenvalue weighted by Gasteiger charge is 2.33. The number of amides is 2. The zero-order chi connectivity index (χ0) is 23.9. The van der Waals surface area contributed by atoms with Crippen molar-refractivity contribution in [2.45, 2.75) is 30.5 Å². The molecular formula is C22H22F2N4O3S2. The molecule has 2 N–H and O–H groups in total. The van der Waals surface area contributed by atoms with Gasteiger partial charge in [0.25, 0.3) is 0 Å². The summed E-state index contributed by atoms with van der Waals surface area (Å²) in [7, 11) is -3.93. The summed E-state index contributed by atoms with van der Waals surface area (Å²) in [5.74, 6) is -1.07. The summed E-state index contributed by atoms with van der Waals surface area (Å²) in [4.78, 5) is 20.6. The molecule has 33 heavy (non-hydrogen) atoms. The third-order valence-electron chi connectivity index (χ3n) is 5.57. The van der Waals surface area contributed by atoms with Crippen molar-refractivity contribution in [1.82, 2.24) is 9.88 Å². The zero-order valence-electron chi connectivity index (χ0n) is 18.0. The fourth-order valence-corrected chi connectivity index (χ4v) is 5.86. The number of benzene rings is 2. The minimum atomic E-state index is -3.93. The molecule has 0 bridgehead atoms. The van der Waals surface area contributed by atoms with Crippen molar-refractivity contribution in [1.29, 1.82) is 0 Å². The minimum absolute atomic E-state index is 0.0692. The van der Waals surface area contributed by atoms with Crippen molar-refractivity contribution in [3.63, 3.8) is 0 Å². The van der Waals surface area contributed by atoms with Gasteiger partial charge < -0.3 is 4.90 Å². The van der Waals surface area contributed by atoms with Crippen molar-refractivity contribution < 1.29 is 22.0 Å². The van der Waals surface area contributed by atoms with Crippen LogP contribution in [0.5, 0.6) is 0 Å². The Labute approximate surface area is 194 Å². The van der Waals surface area contributed by atoms with E-state index in [4.69, 9.17) is 5.14 Å². The van der Waals surface area contributed by atoms with Crippen molar-refractivity contribution in [2.75, 3.05) is 18.0 Å². The van der Waals surface area contributed by atoms with E-state index >= 15 is 0 Å². The number of aromatic nitrogens is 1. The van der Waals surface area contributed by atoms with E-state index in [1.807, 2.05) is 13.0 Å². The molecule has 1 aliphatic rings. The van der Waals surface area contributed by atoms with Gasteiger partial charge in [0.05, 0.1) is 11.7 Å². The molecule has 4 rings (SSSR count). The summed E-state index contributed by atoms with van der Waals surface area (Å²) in [6.45, 7) is 4.27. The van der Waals surface area contributed by atoms with Crippen molar-refractivity contribution >= 4 is 32.5 Å². The third kappa shape index (κ3) is 4.61. The number of halogens is 2. The number of nitrogens with zero attached hydrogens (tertiary/aromatic N) is 3. The topological polar surface area (TPSA) is 96.6 Å². The number of thiazole rings is 1. The molecule has 1 aromatic heterocycles. The molecule has 0 radical (unpaired) electrons. The first kappa shape index (κ1) is 23.3. The molecule has 1 saturated heterocycles. The van der Waals surface area contributed by atoms with Crippen LogP contribution in [0.2, 0.25) is 0 Å². The Morgan fingerprint density at radius 1 is 1.15 bits per heavy atom. The standard InChI is InChI=1S/C22H22F2N4O3S2/c1-13-20(33(25,30)31)32-21(26-13)28-10-4-9-27(22(28)29)14(2)15-5-3-6-16(11-15)18-12-17(23)7-8-19(18)24/h3,5-8,11-12,14H,4,9-10H2,1-2H3,(H2,25,30,31). The molecule has 0 saturated carbocycles. The largest absolute Gasteiger partial charge is 0.326 e. The fraction of sp³-hybridized carbons (Fsp3) is 0.273. The maximum Gasteiger partial charge on any atom is 0.326 e. The Bertz CT molecular complexity index is 1330. The van der Waals surface area contributed by atoms with Gasteiger partial charge in [-0.1, -0.05) is 29.5 Å². The van der Waals surface area contributed by atoms with Gasteiger partial charge in [0.1, 0.15) is 11.6 Å². The molecule has 1 atom stereocenters. The Balaban J connectivity index is 1.62. The minimum Gasteiger partial charge on any atom is -0.317 e. The maximum atomic E-state index is 14.3. The summed E-state index contributed by atoms with van der Waals surface area (Å²) in [5.41, 5.74) is 1.66. The highest BCUT2D eigenvalue weighted by molar-refractivity contribution is 7.91. The molecule has 2 amide bonds. The average molecular weight is 493 g/mol. The molecule has 1 fully saturated rings. The van der Waals surface area contributed by atoms with Crippen LogP contribution in [-0.2, 0) is 10.0 Å². The lowest BCUT2D eigenvalue weighted by molar-refractivity contribution is 0.175. The van der Waals surface area contributed by atoms with Crippen LogP contribution in [0.15, 0.2) is 46.7 Å². The molecule has 174 valence electrons. The van der Waals surface area contributed by atoms with Gasteiger partial charge in [-0.3, -0.25) is 4.90 Å². The van der Waals surface area contributed by atoms with Gasteiger partial charge in [-0.2, -0.15) is 0 Å². The van der Waals surface area contributed by atoms with E-state index in [1.165, 1.54) is 11.8 Å². The van der Waals surface area contributed by atoms with Crippen LogP contribution in [-0.4, -0.2) is 37.4 Å². The fourth-order valence-electron chi connectivity index (χ4n) is 3.90. The quantitative estimate of drug-likeness (QED) is 0.570. The summed E-state index contributed by atoms with van der Waals surface area (Å²) in [5, 5.41) is 5.52. The SMILES string of the molecule is Cc1nc(N2CCCN(C(C)c3cccc(-c4cc(F)ccc4F)c3)C2=O)sc1S(N)(=O)=O. The number of anilines is 1. The Morgan fingerprint density at radius 2 is 1.91 bits per heavy atom. The smallest absolute Gasteiger partial charge is 0.317 e. The number of nitrogens with two attached hydrogens (primary N) is 1. The maximum absolute atomic E-state index is 14.3. The van der Waals surface area contributed by atoms with Crippen molar-refractivity contribution in [3.8, 4) is 11.1 Å². The lowest BCUT2D eigenvalue weighted by Crippen LogP contribution is -2.50. The van der Waals surface area contributed by atoms with Crippen LogP contribution in [0.25, 0.3) is 11.1 Å². The van der Waals surface area contributed by atoms with E-state index in [0.29, 0.717) is 25.1 Å². The monoisotopic (exact) mass is 492 g/mol. The molecule has 7 nitrogen and oxygen atoms in total. The van der Waals surface area contributed by atoms with Crippen LogP contribution in [0.3, 0.4) is 0 Å². The summed E-state index contributed by atoms with van der Waals surface area (Å²) in [6.07, 6.45) is 0.650. The van der Waals surface area contributed by atoms with Gasteiger partial charge in [0.15, 0.2) is 9.34 Å². The molecule has 11 heteroatoms. The van der Waals surface area contributed by atoms with Gasteiger partial charge in [0.2, 0.25) is 10.0 Å². The van der Waals surface area contributed by atoms with Gasteiger partial charge in [-0.05, 0) is 55.7 Å². The Kier molecular flexibility index (Phi) is 6.21. The molecule has 1 unspecified atom stereocenters. The number of hydrogen-bond donors (Lipinski definition) is 1. The van der Waals surface area contributed by atoms with E-state index in [2.05, 4.69) is 4.98 Å². The molecular weight excluding hydrogens is 470 g/mol. The normalized spacial score (nSPS) is 15.7. The summed E-state index contributed by atoms with van der Waals surface area (Å²) >= 11 is 0.866. The Hall–Kier alpha value is -2.89. The van der Waals surface area contributed by atoms with Gasteiger partial charge >= 0.3 is 6.03 Å². The number of carbonyl (C=O) groups excluding carboxylic acids is 1. The van der Waals surface area contributed by atoms with Gasteiger partial charge in [0, 0.05) is 18.7 Å². The van der Waals surface area contributed by atoms with E-state index < -0.39 is 21.7 Å². The molecule has 2 aromatic carbocycles.